The fourth-order valence-electron chi connectivity index (χ4n) is 2.64. The number of likely N-dealkylation sites (tertiary alicyclic amines) is 1. The molecule has 0 aliphatic carbocycles. The Morgan fingerprint density at radius 3 is 2.76 bits per heavy atom. The zero-order valence-corrected chi connectivity index (χ0v) is 12.8. The Kier molecular flexibility index (Phi) is 5.51. The first kappa shape index (κ1) is 16.1. The Hall–Kier alpha value is -1.23. The summed E-state index contributed by atoms with van der Waals surface area (Å²) >= 11 is 4.82. The van der Waals surface area contributed by atoms with E-state index >= 15 is 0 Å². The Balaban J connectivity index is 1.81. The van der Waals surface area contributed by atoms with Gasteiger partial charge in [-0.1, -0.05) is 0 Å². The summed E-state index contributed by atoms with van der Waals surface area (Å²) in [4.78, 5) is 12.9. The van der Waals surface area contributed by atoms with Crippen LogP contribution in [0.2, 0.25) is 0 Å². The quantitative estimate of drug-likeness (QED) is 0.768. The third-order valence-electron chi connectivity index (χ3n) is 3.90. The molecule has 0 amide bonds. The number of rotatable bonds is 6. The van der Waals surface area contributed by atoms with Crippen LogP contribution in [0.25, 0.3) is 0 Å². The van der Waals surface area contributed by atoms with Gasteiger partial charge in [-0.05, 0) is 0 Å². The molecule has 0 spiro atoms. The van der Waals surface area contributed by atoms with E-state index in [1.165, 1.54) is 0 Å². The Bertz CT molecular complexity index is 534. The van der Waals surface area contributed by atoms with Crippen molar-refractivity contribution in [2.75, 3.05) is 13.7 Å². The average Bonchev–Trinajstić information content (AvgIpc) is 2.81. The normalized spacial score (nSPS) is 22.4. The molecule has 1 aromatic carbocycles. The topological polar surface area (TPSA) is 70.0 Å². The standard InChI is InChI=1S/C15H19NO4.Ni/c1-16-12(6-7-13(16)15(18)19)8-9-20-10-11-4-2-3-5-14(11)17;/h2-5,12-13,17H,6-9H2,1H3,(H,18,19);/t12-,13-;/m1./s1. The molecule has 2 rings (SSSR count). The number of aliphatic carboxylic acids is 1. The first-order chi connectivity index (χ1) is 10.0. The number of carboxylic acid groups (broad SMARTS) is 1. The van der Waals surface area contributed by atoms with Crippen molar-refractivity contribution in [3.63, 3.8) is 0 Å². The van der Waals surface area contributed by atoms with Crippen molar-refractivity contribution < 1.29 is 34.8 Å². The number of aromatic hydroxyl groups is 1. The van der Waals surface area contributed by atoms with Gasteiger partial charge in [-0.25, -0.2) is 0 Å². The van der Waals surface area contributed by atoms with E-state index in [1.807, 2.05) is 11.9 Å². The van der Waals surface area contributed by atoms with Crippen LogP contribution in [-0.2, 0) is 24.6 Å². The first-order valence-corrected chi connectivity index (χ1v) is 7.35. The molecule has 2 N–H and O–H groups in total. The van der Waals surface area contributed by atoms with E-state index in [9.17, 15) is 9.90 Å². The minimum atomic E-state index is -0.770. The maximum atomic E-state index is 11.0. The third-order valence-corrected chi connectivity index (χ3v) is 4.30. The number of hydrogen-bond acceptors (Lipinski definition) is 4. The average molecular weight is 336 g/mol. The minimum absolute atomic E-state index is 0.114. The molecule has 6 heteroatoms. The summed E-state index contributed by atoms with van der Waals surface area (Å²) in [6, 6.07) is 6.60. The number of phenolic OH excluding ortho intramolecular Hbond substituents is 1. The second-order valence-corrected chi connectivity index (χ2v) is 5.60. The van der Waals surface area contributed by atoms with E-state index in [-0.39, 0.29) is 11.8 Å². The van der Waals surface area contributed by atoms with E-state index in [2.05, 4.69) is 0 Å². The molecular formula is C15H19NNiO4. The van der Waals surface area contributed by atoms with Gasteiger partial charge in [0.2, 0.25) is 0 Å². The second-order valence-electron chi connectivity index (χ2n) is 5.15. The van der Waals surface area contributed by atoms with Crippen LogP contribution in [0.5, 0.6) is 5.75 Å². The van der Waals surface area contributed by atoms with E-state index in [0.717, 1.165) is 12.8 Å². The van der Waals surface area contributed by atoms with Gasteiger partial charge in [0, 0.05) is 0 Å². The fourth-order valence-corrected chi connectivity index (χ4v) is 2.95. The van der Waals surface area contributed by atoms with Crippen molar-refractivity contribution in [2.24, 2.45) is 0 Å². The number of nitrogens with zero attached hydrogens (tertiary/aromatic N) is 1. The molecule has 1 fully saturated rings. The van der Waals surface area contributed by atoms with Crippen molar-refractivity contribution in [3.8, 4) is 5.75 Å². The summed E-state index contributed by atoms with van der Waals surface area (Å²) in [6.45, 7) is 0.422. The fraction of sp³-hybridized carbons (Fsp3) is 0.467. The van der Waals surface area contributed by atoms with Gasteiger partial charge in [0.1, 0.15) is 0 Å². The Morgan fingerprint density at radius 1 is 1.43 bits per heavy atom. The summed E-state index contributed by atoms with van der Waals surface area (Å²) in [5, 5.41) is 18.8. The molecule has 0 aromatic heterocycles. The van der Waals surface area contributed by atoms with Gasteiger partial charge < -0.3 is 0 Å². The molecule has 5 nitrogen and oxygen atoms in total. The number of hydrogen-bond donors (Lipinski definition) is 2. The molecule has 118 valence electrons. The number of ether oxygens (including phenoxy) is 1. The van der Waals surface area contributed by atoms with Crippen LogP contribution >= 0.6 is 0 Å². The van der Waals surface area contributed by atoms with E-state index in [0.29, 0.717) is 23.3 Å². The first-order valence-electron chi connectivity index (χ1n) is 6.86. The van der Waals surface area contributed by atoms with E-state index < -0.39 is 12.0 Å². The van der Waals surface area contributed by atoms with Crippen LogP contribution < -0.4 is 0 Å². The second kappa shape index (κ2) is 7.16. The zero-order valence-electron chi connectivity index (χ0n) is 11.8. The van der Waals surface area contributed by atoms with Crippen molar-refractivity contribution in [3.05, 3.63) is 29.8 Å². The van der Waals surface area contributed by atoms with Gasteiger partial charge in [-0.3, -0.25) is 0 Å². The van der Waals surface area contributed by atoms with Crippen molar-refractivity contribution in [2.45, 2.75) is 31.3 Å². The molecule has 0 radical (unpaired) electrons. The summed E-state index contributed by atoms with van der Waals surface area (Å²) in [5.74, 6) is -0.657. The van der Waals surface area contributed by atoms with Crippen LogP contribution in [0.4, 0.5) is 0 Å². The number of para-hydroxylation sites is 1. The third kappa shape index (κ3) is 3.91. The predicted molar refractivity (Wildman–Crippen MR) is 75.0 cm³/mol. The van der Waals surface area contributed by atoms with Crippen LogP contribution in [0.3, 0.4) is 0 Å². The summed E-state index contributed by atoms with van der Waals surface area (Å²) < 4.78 is 5.84. The van der Waals surface area contributed by atoms with Gasteiger partial charge in [0.25, 0.3) is 0 Å². The zero-order chi connectivity index (χ0) is 15.4. The summed E-state index contributed by atoms with van der Waals surface area (Å²) in [5.41, 5.74) is 0.528. The summed E-state index contributed by atoms with van der Waals surface area (Å²) in [6.07, 6.45) is 2.24. The molecule has 1 heterocycles. The maximum absolute atomic E-state index is 11.0. The number of carbonyl (C=O) groups is 1. The molecular weight excluding hydrogens is 317 g/mol. The van der Waals surface area contributed by atoms with Gasteiger partial charge in [0.05, 0.1) is 0 Å². The summed E-state index contributed by atoms with van der Waals surface area (Å²) in [7, 11) is 1.83. The number of phenols is 1. The van der Waals surface area contributed by atoms with Crippen LogP contribution in [0.1, 0.15) is 24.8 Å². The SMILES string of the molecule is CN1[C@@H](CCO[C](=[Ni])c2ccccc2O)CC[C@@H]1C(=O)O. The van der Waals surface area contributed by atoms with Crippen LogP contribution in [0, 0.1) is 0 Å². The molecule has 1 aliphatic rings. The molecule has 1 aromatic rings. The van der Waals surface area contributed by atoms with Crippen molar-refractivity contribution in [1.29, 1.82) is 0 Å². The molecule has 2 atom stereocenters. The van der Waals surface area contributed by atoms with Gasteiger partial charge in [-0.2, -0.15) is 0 Å². The Labute approximate surface area is 131 Å². The molecule has 1 aliphatic heterocycles. The molecule has 0 unspecified atom stereocenters. The molecule has 21 heavy (non-hydrogen) atoms. The van der Waals surface area contributed by atoms with Crippen molar-refractivity contribution >= 4 is 10.6 Å². The van der Waals surface area contributed by atoms with Gasteiger partial charge in [-0.15, -0.1) is 0 Å². The molecule has 0 saturated carbocycles. The van der Waals surface area contributed by atoms with Gasteiger partial charge in [0.15, 0.2) is 0 Å². The number of likely N-dealkylation sites (N-methyl/N-ethyl adjacent to an activating group) is 1. The number of benzene rings is 1. The van der Waals surface area contributed by atoms with Gasteiger partial charge >= 0.3 is 131 Å². The van der Waals surface area contributed by atoms with Crippen LogP contribution in [-0.4, -0.2) is 51.5 Å². The van der Waals surface area contributed by atoms with E-state index in [4.69, 9.17) is 24.9 Å². The van der Waals surface area contributed by atoms with E-state index in [1.54, 1.807) is 24.3 Å². The predicted octanol–water partition coefficient (Wildman–Crippen LogP) is 1.37. The Morgan fingerprint density at radius 2 is 2.14 bits per heavy atom. The number of carboxylic acids is 1. The molecule has 1 saturated heterocycles. The molecule has 0 bridgehead atoms. The van der Waals surface area contributed by atoms with Crippen LogP contribution in [0.15, 0.2) is 24.3 Å². The van der Waals surface area contributed by atoms with Crippen molar-refractivity contribution in [1.82, 2.24) is 4.90 Å². The monoisotopic (exact) mass is 335 g/mol.